The lowest BCUT2D eigenvalue weighted by Crippen LogP contribution is -2.10. The van der Waals surface area contributed by atoms with Crippen LogP contribution in [0, 0.1) is 0 Å². The highest BCUT2D eigenvalue weighted by Gasteiger charge is 2.35. The Morgan fingerprint density at radius 3 is 2.62 bits per heavy atom. The van der Waals surface area contributed by atoms with Crippen molar-refractivity contribution in [2.45, 2.75) is 32.4 Å². The van der Waals surface area contributed by atoms with Crippen LogP contribution in [0.1, 0.15) is 30.9 Å². The maximum Gasteiger partial charge on any atom is 0.418 e. The van der Waals surface area contributed by atoms with E-state index >= 15 is 0 Å². The molecule has 0 bridgehead atoms. The van der Waals surface area contributed by atoms with E-state index in [2.05, 4.69) is 26.9 Å². The molecule has 0 aliphatic rings. The van der Waals surface area contributed by atoms with E-state index in [1.54, 1.807) is 6.20 Å². The number of nitrogens with two attached hydrogens (primary N) is 1. The Balaban J connectivity index is 2.21. The van der Waals surface area contributed by atoms with E-state index in [-0.39, 0.29) is 22.4 Å². The molecule has 0 spiro atoms. The highest BCUT2D eigenvalue weighted by Crippen LogP contribution is 2.37. The molecule has 3 rings (SSSR count). The van der Waals surface area contributed by atoms with Crippen LogP contribution in [0.4, 0.5) is 19.0 Å². The Morgan fingerprint density at radius 2 is 1.92 bits per heavy atom. The molecule has 3 aromatic rings. The van der Waals surface area contributed by atoms with Crippen molar-refractivity contribution in [3.63, 3.8) is 0 Å². The first-order valence-corrected chi connectivity index (χ1v) is 8.32. The zero-order valence-electron chi connectivity index (χ0n) is 13.8. The van der Waals surface area contributed by atoms with E-state index in [0.29, 0.717) is 17.1 Å². The first-order valence-electron chi connectivity index (χ1n) is 7.94. The smallest absolute Gasteiger partial charge is 0.383 e. The van der Waals surface area contributed by atoms with Gasteiger partial charge in [-0.05, 0) is 24.5 Å². The van der Waals surface area contributed by atoms with Crippen molar-refractivity contribution in [2.24, 2.45) is 0 Å². The number of pyridine rings is 2. The molecule has 3 aromatic heterocycles. The monoisotopic (exact) mass is 381 g/mol. The molecule has 2 N–H and O–H groups in total. The third-order valence-electron chi connectivity index (χ3n) is 3.93. The summed E-state index contributed by atoms with van der Waals surface area (Å²) in [5.41, 5.74) is 6.07. The van der Waals surface area contributed by atoms with Crippen LogP contribution in [0.2, 0.25) is 5.15 Å². The van der Waals surface area contributed by atoms with Crippen LogP contribution < -0.4 is 5.73 Å². The molecule has 0 unspecified atom stereocenters. The van der Waals surface area contributed by atoms with E-state index in [0.717, 1.165) is 30.9 Å². The summed E-state index contributed by atoms with van der Waals surface area (Å²) >= 11 is 5.78. The number of aromatic nitrogens is 4. The minimum Gasteiger partial charge on any atom is -0.383 e. The minimum atomic E-state index is -4.62. The summed E-state index contributed by atoms with van der Waals surface area (Å²) in [5.74, 6) is -0.0550. The normalized spacial score (nSPS) is 11.9. The summed E-state index contributed by atoms with van der Waals surface area (Å²) in [7, 11) is 0. The van der Waals surface area contributed by atoms with E-state index in [1.165, 1.54) is 6.20 Å². The van der Waals surface area contributed by atoms with Gasteiger partial charge in [0.15, 0.2) is 5.82 Å². The van der Waals surface area contributed by atoms with Gasteiger partial charge in [0.2, 0.25) is 0 Å². The standard InChI is InChI=1S/C17H15ClF3N5/c1-2-3-4-9-6-23-8-12-14(9)15(22)26-16(25-12)10-5-13(18)24-7-11(10)17(19,20)21/h5-8H,2-4H2,1H3,(H2,22,25,26). The number of nitrogens with zero attached hydrogens (tertiary/aromatic N) is 4. The van der Waals surface area contributed by atoms with Gasteiger partial charge in [0.1, 0.15) is 11.0 Å². The Morgan fingerprint density at radius 1 is 1.15 bits per heavy atom. The first kappa shape index (κ1) is 18.3. The summed E-state index contributed by atoms with van der Waals surface area (Å²) in [6.45, 7) is 2.06. The number of nitrogen functional groups attached to an aromatic ring is 1. The number of fused-ring (bicyclic) bond motifs is 1. The van der Waals surface area contributed by atoms with E-state index in [9.17, 15) is 13.2 Å². The molecule has 0 aromatic carbocycles. The Bertz CT molecular complexity index is 959. The van der Waals surface area contributed by atoms with Gasteiger partial charge in [-0.25, -0.2) is 15.0 Å². The average molecular weight is 382 g/mol. The quantitative estimate of drug-likeness (QED) is 0.664. The summed E-state index contributed by atoms with van der Waals surface area (Å²) in [4.78, 5) is 16.0. The summed E-state index contributed by atoms with van der Waals surface area (Å²) < 4.78 is 39.9. The lowest BCUT2D eigenvalue weighted by molar-refractivity contribution is -0.137. The zero-order valence-corrected chi connectivity index (χ0v) is 14.6. The largest absolute Gasteiger partial charge is 0.418 e. The van der Waals surface area contributed by atoms with Crippen LogP contribution >= 0.6 is 11.6 Å². The van der Waals surface area contributed by atoms with Crippen molar-refractivity contribution in [2.75, 3.05) is 5.73 Å². The van der Waals surface area contributed by atoms with Gasteiger partial charge >= 0.3 is 6.18 Å². The van der Waals surface area contributed by atoms with Crippen molar-refractivity contribution < 1.29 is 13.2 Å². The van der Waals surface area contributed by atoms with Crippen molar-refractivity contribution in [3.8, 4) is 11.4 Å². The number of aryl methyl sites for hydroxylation is 1. The highest BCUT2D eigenvalue weighted by molar-refractivity contribution is 6.29. The van der Waals surface area contributed by atoms with Crippen LogP contribution in [0.25, 0.3) is 22.3 Å². The van der Waals surface area contributed by atoms with Crippen LogP contribution in [-0.4, -0.2) is 19.9 Å². The SMILES string of the molecule is CCCCc1cncc2nc(-c3cc(Cl)ncc3C(F)(F)F)nc(N)c12. The molecule has 0 saturated heterocycles. The second kappa shape index (κ2) is 7.03. The molecule has 0 aliphatic carbocycles. The third kappa shape index (κ3) is 3.55. The fraction of sp³-hybridized carbons (Fsp3) is 0.294. The van der Waals surface area contributed by atoms with Gasteiger partial charge in [-0.2, -0.15) is 13.2 Å². The van der Waals surface area contributed by atoms with E-state index in [4.69, 9.17) is 17.3 Å². The number of hydrogen-bond acceptors (Lipinski definition) is 5. The fourth-order valence-electron chi connectivity index (χ4n) is 2.70. The van der Waals surface area contributed by atoms with Crippen molar-refractivity contribution in [1.29, 1.82) is 0 Å². The Hall–Kier alpha value is -2.48. The highest BCUT2D eigenvalue weighted by atomic mass is 35.5. The molecule has 0 amide bonds. The van der Waals surface area contributed by atoms with Crippen molar-refractivity contribution in [1.82, 2.24) is 19.9 Å². The predicted molar refractivity (Wildman–Crippen MR) is 93.6 cm³/mol. The van der Waals surface area contributed by atoms with Gasteiger partial charge in [-0.15, -0.1) is 0 Å². The van der Waals surface area contributed by atoms with Gasteiger partial charge in [0.05, 0.1) is 17.3 Å². The van der Waals surface area contributed by atoms with Crippen molar-refractivity contribution in [3.05, 3.63) is 40.9 Å². The van der Waals surface area contributed by atoms with Gasteiger partial charge in [-0.1, -0.05) is 24.9 Å². The number of rotatable bonds is 4. The lowest BCUT2D eigenvalue weighted by Gasteiger charge is -2.13. The van der Waals surface area contributed by atoms with Gasteiger partial charge < -0.3 is 5.73 Å². The van der Waals surface area contributed by atoms with Crippen molar-refractivity contribution >= 4 is 28.3 Å². The zero-order chi connectivity index (χ0) is 18.9. The first-order chi connectivity index (χ1) is 12.3. The number of unbranched alkanes of at least 4 members (excludes halogenated alkanes) is 1. The molecule has 0 atom stereocenters. The summed E-state index contributed by atoms with van der Waals surface area (Å²) in [5, 5.41) is 0.524. The summed E-state index contributed by atoms with van der Waals surface area (Å²) in [6.07, 6.45) is 1.84. The maximum atomic E-state index is 13.3. The predicted octanol–water partition coefficient (Wildman–Crippen LogP) is 4.68. The van der Waals surface area contributed by atoms with Crippen LogP contribution in [0.3, 0.4) is 0 Å². The molecule has 0 radical (unpaired) electrons. The third-order valence-corrected chi connectivity index (χ3v) is 4.14. The molecular weight excluding hydrogens is 367 g/mol. The molecule has 136 valence electrons. The lowest BCUT2D eigenvalue weighted by atomic mass is 10.1. The fourth-order valence-corrected chi connectivity index (χ4v) is 2.86. The Kier molecular flexibility index (Phi) is 4.95. The van der Waals surface area contributed by atoms with Gasteiger partial charge in [-0.3, -0.25) is 4.98 Å². The molecule has 0 saturated carbocycles. The van der Waals surface area contributed by atoms with Gasteiger partial charge in [0.25, 0.3) is 0 Å². The number of alkyl halides is 3. The topological polar surface area (TPSA) is 77.6 Å². The molecule has 26 heavy (non-hydrogen) atoms. The second-order valence-corrected chi connectivity index (χ2v) is 6.17. The van der Waals surface area contributed by atoms with Crippen LogP contribution in [0.15, 0.2) is 24.7 Å². The minimum absolute atomic E-state index is 0.0925. The Labute approximate surface area is 152 Å². The second-order valence-electron chi connectivity index (χ2n) is 5.78. The van der Waals surface area contributed by atoms with Crippen LogP contribution in [0.5, 0.6) is 0 Å². The molecule has 5 nitrogen and oxygen atoms in total. The molecular formula is C17H15ClF3N5. The van der Waals surface area contributed by atoms with Crippen LogP contribution in [-0.2, 0) is 12.6 Å². The molecule has 9 heteroatoms. The molecule has 0 aliphatic heterocycles. The van der Waals surface area contributed by atoms with Gasteiger partial charge in [0, 0.05) is 23.3 Å². The van der Waals surface area contributed by atoms with E-state index in [1.807, 2.05) is 0 Å². The number of anilines is 1. The number of halogens is 4. The number of hydrogen-bond donors (Lipinski definition) is 1. The molecule has 0 fully saturated rings. The molecule has 3 heterocycles. The maximum absolute atomic E-state index is 13.3. The average Bonchev–Trinajstić information content (AvgIpc) is 2.58. The van der Waals surface area contributed by atoms with E-state index < -0.39 is 11.7 Å². The summed E-state index contributed by atoms with van der Waals surface area (Å²) in [6, 6.07) is 1.08.